The molecule has 25 heavy (non-hydrogen) atoms. The highest BCUT2D eigenvalue weighted by molar-refractivity contribution is 5.93. The van der Waals surface area contributed by atoms with Crippen LogP contribution in [0.4, 0.5) is 0 Å². The maximum Gasteiger partial charge on any atom is 0.231 e. The van der Waals surface area contributed by atoms with Crippen LogP contribution in [0.15, 0.2) is 72.8 Å². The Balaban J connectivity index is 1.74. The van der Waals surface area contributed by atoms with E-state index in [4.69, 9.17) is 19.4 Å². The molecule has 0 saturated heterocycles. The summed E-state index contributed by atoms with van der Waals surface area (Å²) in [6, 6.07) is 24.1. The van der Waals surface area contributed by atoms with Gasteiger partial charge in [0.2, 0.25) is 6.79 Å². The van der Waals surface area contributed by atoms with Crippen LogP contribution < -0.4 is 9.47 Å². The van der Waals surface area contributed by atoms with Crippen molar-refractivity contribution < 1.29 is 9.47 Å². The zero-order chi connectivity index (χ0) is 16.6. The monoisotopic (exact) mass is 326 g/mol. The van der Waals surface area contributed by atoms with Gasteiger partial charge in [-0.2, -0.15) is 0 Å². The van der Waals surface area contributed by atoms with Crippen LogP contribution in [-0.2, 0) is 0 Å². The minimum Gasteiger partial charge on any atom is -0.454 e. The molecule has 0 radical (unpaired) electrons. The Hall–Kier alpha value is -3.40. The van der Waals surface area contributed by atoms with Crippen LogP contribution in [0.1, 0.15) is 0 Å². The number of para-hydroxylation sites is 1. The third kappa shape index (κ3) is 2.39. The minimum atomic E-state index is 0.257. The smallest absolute Gasteiger partial charge is 0.231 e. The van der Waals surface area contributed by atoms with Crippen LogP contribution in [0.3, 0.4) is 0 Å². The molecule has 0 bridgehead atoms. The van der Waals surface area contributed by atoms with E-state index in [0.717, 1.165) is 39.2 Å². The first kappa shape index (κ1) is 14.0. The number of hydrogen-bond donors (Lipinski definition) is 0. The van der Waals surface area contributed by atoms with Gasteiger partial charge in [0.25, 0.3) is 0 Å². The van der Waals surface area contributed by atoms with Crippen molar-refractivity contribution in [1.82, 2.24) is 9.97 Å². The SMILES string of the molecule is c1ccc(-c2nc(-c3ccc4c(c3)OCO4)nc3ccccc23)cc1. The molecule has 1 aliphatic heterocycles. The minimum absolute atomic E-state index is 0.257. The van der Waals surface area contributed by atoms with E-state index in [-0.39, 0.29) is 6.79 Å². The van der Waals surface area contributed by atoms with Crippen molar-refractivity contribution in [3.63, 3.8) is 0 Å². The summed E-state index contributed by atoms with van der Waals surface area (Å²) in [7, 11) is 0. The first-order valence-corrected chi connectivity index (χ1v) is 8.11. The normalized spacial score (nSPS) is 12.5. The van der Waals surface area contributed by atoms with Gasteiger partial charge in [0.15, 0.2) is 17.3 Å². The molecule has 0 fully saturated rings. The third-order valence-corrected chi connectivity index (χ3v) is 4.28. The lowest BCUT2D eigenvalue weighted by atomic mass is 10.1. The summed E-state index contributed by atoms with van der Waals surface area (Å²) < 4.78 is 10.9. The van der Waals surface area contributed by atoms with Crippen LogP contribution in [0.25, 0.3) is 33.5 Å². The van der Waals surface area contributed by atoms with Gasteiger partial charge in [0.05, 0.1) is 11.2 Å². The summed E-state index contributed by atoms with van der Waals surface area (Å²) in [5.41, 5.74) is 3.83. The molecule has 1 aromatic heterocycles. The molecule has 0 amide bonds. The highest BCUT2D eigenvalue weighted by Crippen LogP contribution is 2.36. The molecule has 0 atom stereocenters. The lowest BCUT2D eigenvalue weighted by Crippen LogP contribution is -1.95. The van der Waals surface area contributed by atoms with Gasteiger partial charge in [0, 0.05) is 16.5 Å². The van der Waals surface area contributed by atoms with Crippen molar-refractivity contribution >= 4 is 10.9 Å². The number of rotatable bonds is 2. The average molecular weight is 326 g/mol. The Labute approximate surface area is 144 Å². The van der Waals surface area contributed by atoms with E-state index in [1.165, 1.54) is 0 Å². The fraction of sp³-hybridized carbons (Fsp3) is 0.0476. The lowest BCUT2D eigenvalue weighted by Gasteiger charge is -2.09. The van der Waals surface area contributed by atoms with Gasteiger partial charge in [-0.15, -0.1) is 0 Å². The number of nitrogens with zero attached hydrogens (tertiary/aromatic N) is 2. The Bertz CT molecular complexity index is 1080. The van der Waals surface area contributed by atoms with Crippen LogP contribution in [0.5, 0.6) is 11.5 Å². The number of benzene rings is 3. The Morgan fingerprint density at radius 3 is 2.40 bits per heavy atom. The summed E-state index contributed by atoms with van der Waals surface area (Å²) in [4.78, 5) is 9.61. The Kier molecular flexibility index (Phi) is 3.13. The average Bonchev–Trinajstić information content (AvgIpc) is 3.15. The maximum atomic E-state index is 5.49. The second kappa shape index (κ2) is 5.60. The Morgan fingerprint density at radius 1 is 0.680 bits per heavy atom. The number of aromatic nitrogens is 2. The third-order valence-electron chi connectivity index (χ3n) is 4.28. The summed E-state index contributed by atoms with van der Waals surface area (Å²) in [6.07, 6.45) is 0. The number of ether oxygens (including phenoxy) is 2. The van der Waals surface area contributed by atoms with E-state index in [1.807, 2.05) is 54.6 Å². The molecule has 0 aliphatic carbocycles. The lowest BCUT2D eigenvalue weighted by molar-refractivity contribution is 0.174. The molecule has 4 aromatic rings. The number of hydrogen-bond acceptors (Lipinski definition) is 4. The summed E-state index contributed by atoms with van der Waals surface area (Å²) in [5.74, 6) is 2.17. The second-order valence-corrected chi connectivity index (χ2v) is 5.85. The molecular formula is C21H14N2O2. The van der Waals surface area contributed by atoms with Crippen LogP contribution in [0, 0.1) is 0 Å². The molecule has 3 aromatic carbocycles. The van der Waals surface area contributed by atoms with Gasteiger partial charge in [-0.25, -0.2) is 9.97 Å². The summed E-state index contributed by atoms with van der Waals surface area (Å²) in [5, 5.41) is 1.04. The van der Waals surface area contributed by atoms with Crippen molar-refractivity contribution in [2.75, 3.05) is 6.79 Å². The van der Waals surface area contributed by atoms with E-state index in [0.29, 0.717) is 5.82 Å². The maximum absolute atomic E-state index is 5.49. The highest BCUT2D eigenvalue weighted by Gasteiger charge is 2.16. The molecule has 5 rings (SSSR count). The quantitative estimate of drug-likeness (QED) is 0.536. The van der Waals surface area contributed by atoms with E-state index in [1.54, 1.807) is 0 Å². The molecule has 2 heterocycles. The van der Waals surface area contributed by atoms with Gasteiger partial charge in [-0.1, -0.05) is 48.5 Å². The van der Waals surface area contributed by atoms with Gasteiger partial charge >= 0.3 is 0 Å². The van der Waals surface area contributed by atoms with Gasteiger partial charge in [-0.3, -0.25) is 0 Å². The summed E-state index contributed by atoms with van der Waals surface area (Å²) >= 11 is 0. The van der Waals surface area contributed by atoms with E-state index < -0.39 is 0 Å². The predicted molar refractivity (Wildman–Crippen MR) is 96.5 cm³/mol. The van der Waals surface area contributed by atoms with Crippen molar-refractivity contribution in [2.45, 2.75) is 0 Å². The van der Waals surface area contributed by atoms with Crippen molar-refractivity contribution in [2.24, 2.45) is 0 Å². The molecule has 1 aliphatic rings. The molecule has 0 unspecified atom stereocenters. The first-order valence-electron chi connectivity index (χ1n) is 8.11. The van der Waals surface area contributed by atoms with E-state index in [2.05, 4.69) is 18.2 Å². The van der Waals surface area contributed by atoms with Crippen molar-refractivity contribution in [3.05, 3.63) is 72.8 Å². The zero-order valence-corrected chi connectivity index (χ0v) is 13.3. The van der Waals surface area contributed by atoms with E-state index in [9.17, 15) is 0 Å². The van der Waals surface area contributed by atoms with Crippen molar-refractivity contribution in [1.29, 1.82) is 0 Å². The highest BCUT2D eigenvalue weighted by atomic mass is 16.7. The molecule has 4 nitrogen and oxygen atoms in total. The molecule has 4 heteroatoms. The zero-order valence-electron chi connectivity index (χ0n) is 13.3. The van der Waals surface area contributed by atoms with Crippen LogP contribution >= 0.6 is 0 Å². The van der Waals surface area contributed by atoms with Crippen LogP contribution in [-0.4, -0.2) is 16.8 Å². The fourth-order valence-electron chi connectivity index (χ4n) is 3.06. The Morgan fingerprint density at radius 2 is 1.48 bits per heavy atom. The predicted octanol–water partition coefficient (Wildman–Crippen LogP) is 4.69. The second-order valence-electron chi connectivity index (χ2n) is 5.85. The molecule has 0 spiro atoms. The van der Waals surface area contributed by atoms with E-state index >= 15 is 0 Å². The molecular weight excluding hydrogens is 312 g/mol. The summed E-state index contributed by atoms with van der Waals surface area (Å²) in [6.45, 7) is 0.257. The van der Waals surface area contributed by atoms with Crippen molar-refractivity contribution in [3.8, 4) is 34.1 Å². The molecule has 0 N–H and O–H groups in total. The fourth-order valence-corrected chi connectivity index (χ4v) is 3.06. The van der Waals surface area contributed by atoms with Gasteiger partial charge in [0.1, 0.15) is 0 Å². The van der Waals surface area contributed by atoms with Gasteiger partial charge in [-0.05, 0) is 24.3 Å². The topological polar surface area (TPSA) is 44.2 Å². The molecule has 120 valence electrons. The number of fused-ring (bicyclic) bond motifs is 2. The van der Waals surface area contributed by atoms with Crippen LogP contribution in [0.2, 0.25) is 0 Å². The largest absolute Gasteiger partial charge is 0.454 e. The molecule has 0 saturated carbocycles. The standard InChI is InChI=1S/C21H14N2O2/c1-2-6-14(7-3-1)20-16-8-4-5-9-17(16)22-21(23-20)15-10-11-18-19(12-15)25-13-24-18/h1-12H,13H2. The van der Waals surface area contributed by atoms with Gasteiger partial charge < -0.3 is 9.47 Å². The first-order chi connectivity index (χ1) is 12.4.